The van der Waals surface area contributed by atoms with Crippen LogP contribution in [0.4, 0.5) is 0 Å². The minimum Gasteiger partial charge on any atom is -0.223 e. The topological polar surface area (TPSA) is 34.1 Å². The molecule has 0 saturated carbocycles. The summed E-state index contributed by atoms with van der Waals surface area (Å²) in [5, 5.41) is 0. The van der Waals surface area contributed by atoms with Crippen molar-refractivity contribution in [1.29, 1.82) is 0 Å². The molecule has 0 aliphatic heterocycles. The van der Waals surface area contributed by atoms with Crippen LogP contribution < -0.4 is 0 Å². The molecule has 0 radical (unpaired) electrons. The second kappa shape index (κ2) is 6.98. The van der Waals surface area contributed by atoms with Gasteiger partial charge in [0.1, 0.15) is 0 Å². The Hall–Kier alpha value is -1.10. The fourth-order valence-corrected chi connectivity index (χ4v) is 4.70. The van der Waals surface area contributed by atoms with Gasteiger partial charge in [0.2, 0.25) is 0 Å². The molecule has 2 aromatic carbocycles. The highest BCUT2D eigenvalue weighted by Gasteiger charge is 2.18. The van der Waals surface area contributed by atoms with Crippen LogP contribution in [0.1, 0.15) is 11.1 Å². The molecular formula is C17H21ClO2SSi. The highest BCUT2D eigenvalue weighted by atomic mass is 35.6. The predicted molar refractivity (Wildman–Crippen MR) is 95.6 cm³/mol. The van der Waals surface area contributed by atoms with E-state index in [1.807, 2.05) is 42.5 Å². The third-order valence-corrected chi connectivity index (χ3v) is 7.20. The molecule has 0 fully saturated rings. The van der Waals surface area contributed by atoms with E-state index in [1.165, 1.54) is 0 Å². The minimum absolute atomic E-state index is 0.0365. The first-order valence-electron chi connectivity index (χ1n) is 7.31. The molecule has 0 aliphatic rings. The Morgan fingerprint density at radius 1 is 0.909 bits per heavy atom. The maximum atomic E-state index is 12.4. The largest absolute Gasteiger partial charge is 0.223 e. The average molecular weight is 353 g/mol. The molecule has 2 rings (SSSR count). The van der Waals surface area contributed by atoms with Crippen molar-refractivity contribution >= 4 is 28.3 Å². The lowest BCUT2D eigenvalue weighted by Gasteiger charge is -2.12. The molecule has 2 aromatic rings. The third kappa shape index (κ3) is 5.27. The van der Waals surface area contributed by atoms with Gasteiger partial charge < -0.3 is 0 Å². The van der Waals surface area contributed by atoms with Crippen LogP contribution in [0.3, 0.4) is 0 Å². The Labute approximate surface area is 138 Å². The zero-order valence-electron chi connectivity index (χ0n) is 12.9. The van der Waals surface area contributed by atoms with Crippen LogP contribution in [-0.2, 0) is 22.0 Å². The molecule has 5 heteroatoms. The Balaban J connectivity index is 2.09. The fraction of sp³-hybridized carbons (Fsp3) is 0.294. The summed E-state index contributed by atoms with van der Waals surface area (Å²) in [6, 6.07) is 17.4. The molecular weight excluding hydrogens is 332 g/mol. The monoisotopic (exact) mass is 352 g/mol. The summed E-state index contributed by atoms with van der Waals surface area (Å²) in [5.74, 6) is 0.0365. The zero-order chi connectivity index (χ0) is 16.2. The Morgan fingerprint density at radius 3 is 2.05 bits per heavy atom. The van der Waals surface area contributed by atoms with Crippen LogP contribution in [0, 0.1) is 0 Å². The van der Waals surface area contributed by atoms with Crippen LogP contribution in [0.5, 0.6) is 0 Å². The van der Waals surface area contributed by atoms with Gasteiger partial charge in [-0.1, -0.05) is 55.6 Å². The lowest BCUT2D eigenvalue weighted by atomic mass is 10.2. The molecule has 0 spiro atoms. The first-order valence-corrected chi connectivity index (χ1v) is 13.2. The van der Waals surface area contributed by atoms with E-state index in [-0.39, 0.29) is 5.75 Å². The van der Waals surface area contributed by atoms with Crippen LogP contribution in [-0.4, -0.2) is 15.8 Å². The second-order valence-electron chi connectivity index (χ2n) is 6.11. The Morgan fingerprint density at radius 2 is 1.50 bits per heavy atom. The summed E-state index contributed by atoms with van der Waals surface area (Å²) in [6.07, 6.45) is 0.904. The van der Waals surface area contributed by atoms with Gasteiger partial charge in [0.25, 0.3) is 0 Å². The van der Waals surface area contributed by atoms with Gasteiger partial charge in [-0.3, -0.25) is 0 Å². The van der Waals surface area contributed by atoms with Gasteiger partial charge in [0.05, 0.1) is 10.6 Å². The average Bonchev–Trinajstić information content (AvgIpc) is 2.45. The van der Waals surface area contributed by atoms with Crippen LogP contribution in [0.25, 0.3) is 0 Å². The molecule has 0 aromatic heterocycles. The first kappa shape index (κ1) is 17.3. The normalized spacial score (nSPS) is 12.3. The quantitative estimate of drug-likeness (QED) is 0.560. The molecule has 0 unspecified atom stereocenters. The van der Waals surface area contributed by atoms with Gasteiger partial charge >= 0.3 is 0 Å². The van der Waals surface area contributed by atoms with E-state index in [0.29, 0.717) is 4.90 Å². The standard InChI is InChI=1S/C17H21ClO2SSi/c1-22(2,18)13-12-15-8-10-17(11-9-15)21(19,20)14-16-6-4-3-5-7-16/h3-11H,12-14H2,1-2H3. The van der Waals surface area contributed by atoms with Crippen LogP contribution >= 0.6 is 11.1 Å². The van der Waals surface area contributed by atoms with Crippen molar-refractivity contribution in [2.45, 2.75) is 36.2 Å². The van der Waals surface area contributed by atoms with Crippen molar-refractivity contribution in [3.63, 3.8) is 0 Å². The molecule has 118 valence electrons. The molecule has 0 atom stereocenters. The Bertz CT molecular complexity index is 705. The van der Waals surface area contributed by atoms with Crippen molar-refractivity contribution in [3.8, 4) is 0 Å². The van der Waals surface area contributed by atoms with Crippen molar-refractivity contribution in [2.75, 3.05) is 0 Å². The fourth-order valence-electron chi connectivity index (χ4n) is 2.18. The van der Waals surface area contributed by atoms with Gasteiger partial charge in [0.15, 0.2) is 17.2 Å². The van der Waals surface area contributed by atoms with Gasteiger partial charge in [-0.2, -0.15) is 11.1 Å². The summed E-state index contributed by atoms with van der Waals surface area (Å²) < 4.78 is 24.8. The molecule has 0 heterocycles. The number of halogens is 1. The van der Waals surface area contributed by atoms with Gasteiger partial charge in [-0.15, -0.1) is 0 Å². The third-order valence-electron chi connectivity index (χ3n) is 3.49. The predicted octanol–water partition coefficient (Wildman–Crippen LogP) is 4.65. The number of sulfone groups is 1. The van der Waals surface area contributed by atoms with Gasteiger partial charge in [-0.05, 0) is 35.7 Å². The van der Waals surface area contributed by atoms with E-state index in [1.54, 1.807) is 12.1 Å². The molecule has 0 amide bonds. The maximum absolute atomic E-state index is 12.4. The van der Waals surface area contributed by atoms with Gasteiger partial charge in [-0.25, -0.2) is 8.42 Å². The van der Waals surface area contributed by atoms with E-state index >= 15 is 0 Å². The van der Waals surface area contributed by atoms with Crippen molar-refractivity contribution in [3.05, 3.63) is 65.7 Å². The molecule has 0 N–H and O–H groups in total. The summed E-state index contributed by atoms with van der Waals surface area (Å²) >= 11 is 6.32. The van der Waals surface area contributed by atoms with Crippen molar-refractivity contribution < 1.29 is 8.42 Å². The summed E-state index contributed by atoms with van der Waals surface area (Å²) in [5.41, 5.74) is 1.95. The van der Waals surface area contributed by atoms with Crippen LogP contribution in [0.15, 0.2) is 59.5 Å². The first-order chi connectivity index (χ1) is 10.3. The highest BCUT2D eigenvalue weighted by Crippen LogP contribution is 2.20. The van der Waals surface area contributed by atoms with E-state index in [4.69, 9.17) is 11.1 Å². The minimum atomic E-state index is -3.29. The lowest BCUT2D eigenvalue weighted by molar-refractivity contribution is 0.595. The number of rotatable bonds is 6. The SMILES string of the molecule is C[Si](C)(Cl)CCc1ccc(S(=O)(=O)Cc2ccccc2)cc1. The Kier molecular flexibility index (Phi) is 5.48. The van der Waals surface area contributed by atoms with Gasteiger partial charge in [0, 0.05) is 0 Å². The maximum Gasteiger partial charge on any atom is 0.182 e. The van der Waals surface area contributed by atoms with E-state index < -0.39 is 17.2 Å². The molecule has 0 aliphatic carbocycles. The lowest BCUT2D eigenvalue weighted by Crippen LogP contribution is -2.16. The van der Waals surface area contributed by atoms with E-state index in [2.05, 4.69) is 13.1 Å². The molecule has 0 bridgehead atoms. The summed E-state index contributed by atoms with van der Waals surface area (Å²) in [4.78, 5) is 0.377. The van der Waals surface area contributed by atoms with Crippen molar-refractivity contribution in [2.24, 2.45) is 0 Å². The van der Waals surface area contributed by atoms with Crippen LogP contribution in [0.2, 0.25) is 19.1 Å². The summed E-state index contributed by atoms with van der Waals surface area (Å²) in [6.45, 7) is 4.24. The molecule has 2 nitrogen and oxygen atoms in total. The molecule has 22 heavy (non-hydrogen) atoms. The molecule has 0 saturated heterocycles. The number of hydrogen-bond acceptors (Lipinski definition) is 2. The van der Waals surface area contributed by atoms with Crippen molar-refractivity contribution in [1.82, 2.24) is 0 Å². The summed E-state index contributed by atoms with van der Waals surface area (Å²) in [7, 11) is -4.88. The van der Waals surface area contributed by atoms with E-state index in [9.17, 15) is 8.42 Å². The number of aryl methyl sites for hydroxylation is 1. The van der Waals surface area contributed by atoms with E-state index in [0.717, 1.165) is 23.6 Å². The number of hydrogen-bond donors (Lipinski definition) is 0. The zero-order valence-corrected chi connectivity index (χ0v) is 15.5. The highest BCUT2D eigenvalue weighted by molar-refractivity contribution is 7.90. The smallest absolute Gasteiger partial charge is 0.182 e. The second-order valence-corrected chi connectivity index (χ2v) is 15.1. The number of benzene rings is 2.